The van der Waals surface area contributed by atoms with E-state index in [9.17, 15) is 23.1 Å². The van der Waals surface area contributed by atoms with Crippen molar-refractivity contribution in [1.82, 2.24) is 4.90 Å². The van der Waals surface area contributed by atoms with Gasteiger partial charge in [-0.2, -0.15) is 8.42 Å². The van der Waals surface area contributed by atoms with Crippen LogP contribution in [0.3, 0.4) is 0 Å². The van der Waals surface area contributed by atoms with Crippen LogP contribution < -0.4 is 5.63 Å². The molecule has 34 heavy (non-hydrogen) atoms. The molecule has 2 aliphatic heterocycles. The maximum atomic E-state index is 12.9. The van der Waals surface area contributed by atoms with Gasteiger partial charge in [-0.15, -0.1) is 4.40 Å². The third-order valence-corrected chi connectivity index (χ3v) is 7.58. The standard InChI is InChI=1S/C24H22N2O7S/c1-14-19(27)9-8-17-16(11-21(28)33-22(14)17)13-32-24(29)15-5-4-10-26(12-15)23-18-6-2-3-7-20(18)34(30,31)25-23/h2-3,6-9,11,15,27H,4-5,10,12-13H2,1H3/t15-/m0/s1. The number of hydrogen-bond acceptors (Lipinski definition) is 8. The van der Waals surface area contributed by atoms with Crippen LogP contribution in [0.1, 0.15) is 29.5 Å². The van der Waals surface area contributed by atoms with Crippen molar-refractivity contribution in [3.8, 4) is 5.75 Å². The first-order valence-electron chi connectivity index (χ1n) is 10.9. The van der Waals surface area contributed by atoms with E-state index in [2.05, 4.69) is 4.40 Å². The van der Waals surface area contributed by atoms with Crippen LogP contribution in [0.5, 0.6) is 5.75 Å². The number of piperidine rings is 1. The van der Waals surface area contributed by atoms with Crippen molar-refractivity contribution in [2.45, 2.75) is 31.3 Å². The fourth-order valence-electron chi connectivity index (χ4n) is 4.48. The monoisotopic (exact) mass is 482 g/mol. The van der Waals surface area contributed by atoms with Crippen molar-refractivity contribution < 1.29 is 27.5 Å². The van der Waals surface area contributed by atoms with Crippen LogP contribution in [0.25, 0.3) is 11.0 Å². The highest BCUT2D eigenvalue weighted by Gasteiger charge is 2.35. The summed E-state index contributed by atoms with van der Waals surface area (Å²) in [6.45, 7) is 2.38. The zero-order chi connectivity index (χ0) is 24.0. The van der Waals surface area contributed by atoms with E-state index >= 15 is 0 Å². The van der Waals surface area contributed by atoms with Crippen LogP contribution in [0.2, 0.25) is 0 Å². The number of nitrogens with zero attached hydrogens (tertiary/aromatic N) is 2. The van der Waals surface area contributed by atoms with Gasteiger partial charge in [0.05, 0.1) is 5.92 Å². The second-order valence-electron chi connectivity index (χ2n) is 8.46. The van der Waals surface area contributed by atoms with E-state index in [1.165, 1.54) is 18.2 Å². The molecular weight excluding hydrogens is 460 g/mol. The van der Waals surface area contributed by atoms with E-state index in [0.29, 0.717) is 47.3 Å². The smallest absolute Gasteiger partial charge is 0.336 e. The molecule has 2 aliphatic rings. The Hall–Kier alpha value is -3.66. The van der Waals surface area contributed by atoms with Crippen LogP contribution in [-0.4, -0.2) is 43.3 Å². The van der Waals surface area contributed by atoms with Crippen LogP contribution in [-0.2, 0) is 26.2 Å². The van der Waals surface area contributed by atoms with Crippen molar-refractivity contribution in [3.05, 3.63) is 69.6 Å². The number of phenolic OH excluding ortho intramolecular Hbond substituents is 1. The van der Waals surface area contributed by atoms with Gasteiger partial charge in [0.15, 0.2) is 5.84 Å². The molecule has 0 spiro atoms. The fourth-order valence-corrected chi connectivity index (χ4v) is 5.71. The number of carbonyl (C=O) groups excluding carboxylic acids is 1. The maximum Gasteiger partial charge on any atom is 0.336 e. The minimum Gasteiger partial charge on any atom is -0.508 e. The predicted octanol–water partition coefficient (Wildman–Crippen LogP) is 2.71. The van der Waals surface area contributed by atoms with Gasteiger partial charge < -0.3 is 19.2 Å². The van der Waals surface area contributed by atoms with Crippen molar-refractivity contribution >= 4 is 32.8 Å². The van der Waals surface area contributed by atoms with E-state index in [0.717, 1.165) is 0 Å². The van der Waals surface area contributed by atoms with Gasteiger partial charge in [0.2, 0.25) is 0 Å². The Kier molecular flexibility index (Phi) is 5.40. The fraction of sp³-hybridized carbons (Fsp3) is 0.292. The zero-order valence-corrected chi connectivity index (χ0v) is 19.2. The Morgan fingerprint density at radius 2 is 2.06 bits per heavy atom. The maximum absolute atomic E-state index is 12.9. The Bertz CT molecular complexity index is 1510. The van der Waals surface area contributed by atoms with Gasteiger partial charge in [0.1, 0.15) is 22.8 Å². The van der Waals surface area contributed by atoms with Crippen LogP contribution in [0.4, 0.5) is 0 Å². The van der Waals surface area contributed by atoms with E-state index in [-0.39, 0.29) is 29.4 Å². The van der Waals surface area contributed by atoms with Gasteiger partial charge in [0.25, 0.3) is 10.0 Å². The zero-order valence-electron chi connectivity index (χ0n) is 18.4. The van der Waals surface area contributed by atoms with Gasteiger partial charge in [0, 0.05) is 41.2 Å². The summed E-state index contributed by atoms with van der Waals surface area (Å²) in [5, 5.41) is 10.5. The second-order valence-corrected chi connectivity index (χ2v) is 10.0. The van der Waals surface area contributed by atoms with E-state index in [4.69, 9.17) is 9.15 Å². The quantitative estimate of drug-likeness (QED) is 0.446. The van der Waals surface area contributed by atoms with Crippen molar-refractivity contribution in [1.29, 1.82) is 0 Å². The van der Waals surface area contributed by atoms with Crippen LogP contribution in [0.15, 0.2) is 61.0 Å². The topological polar surface area (TPSA) is 126 Å². The molecule has 1 saturated heterocycles. The number of hydrogen-bond donors (Lipinski definition) is 1. The number of amidine groups is 1. The molecule has 1 atom stereocenters. The molecule has 9 nitrogen and oxygen atoms in total. The molecule has 0 radical (unpaired) electrons. The molecule has 0 aliphatic carbocycles. The third kappa shape index (κ3) is 3.83. The number of sulfonamides is 1. The summed E-state index contributed by atoms with van der Waals surface area (Å²) in [5.74, 6) is -0.541. The molecule has 2 aromatic carbocycles. The molecule has 1 N–H and O–H groups in total. The van der Waals surface area contributed by atoms with Gasteiger partial charge >= 0.3 is 11.6 Å². The average Bonchev–Trinajstić information content (AvgIpc) is 3.11. The number of likely N-dealkylation sites (tertiary alicyclic amines) is 1. The second kappa shape index (κ2) is 8.28. The first-order valence-corrected chi connectivity index (χ1v) is 12.3. The predicted molar refractivity (Wildman–Crippen MR) is 123 cm³/mol. The van der Waals surface area contributed by atoms with E-state index in [1.807, 2.05) is 4.90 Å². The number of ether oxygens (including phenoxy) is 1. The summed E-state index contributed by atoms with van der Waals surface area (Å²) >= 11 is 0. The van der Waals surface area contributed by atoms with Crippen LogP contribution in [0, 0.1) is 12.8 Å². The third-order valence-electron chi connectivity index (χ3n) is 6.25. The minimum absolute atomic E-state index is 0.00510. The van der Waals surface area contributed by atoms with Crippen molar-refractivity contribution in [2.24, 2.45) is 10.3 Å². The molecule has 10 heteroatoms. The lowest BCUT2D eigenvalue weighted by Gasteiger charge is -2.32. The SMILES string of the molecule is Cc1c(O)ccc2c(COC(=O)[C@H]3CCCN(C4=NS(=O)(=O)c5ccccc54)C3)cc(=O)oc12. The van der Waals surface area contributed by atoms with Gasteiger partial charge in [-0.05, 0) is 44.0 Å². The summed E-state index contributed by atoms with van der Waals surface area (Å²) in [6.07, 6.45) is 1.28. The average molecular weight is 483 g/mol. The number of carbonyl (C=O) groups is 1. The normalized spacial score (nSPS) is 19.0. The van der Waals surface area contributed by atoms with Crippen molar-refractivity contribution in [3.63, 3.8) is 0 Å². The molecule has 0 saturated carbocycles. The van der Waals surface area contributed by atoms with E-state index < -0.39 is 27.5 Å². The lowest BCUT2D eigenvalue weighted by Crippen LogP contribution is -2.42. The molecule has 176 valence electrons. The summed E-state index contributed by atoms with van der Waals surface area (Å²) in [4.78, 5) is 26.9. The lowest BCUT2D eigenvalue weighted by molar-refractivity contribution is -0.151. The lowest BCUT2D eigenvalue weighted by atomic mass is 9.97. The highest BCUT2D eigenvalue weighted by molar-refractivity contribution is 7.90. The largest absolute Gasteiger partial charge is 0.508 e. The number of phenols is 1. The Morgan fingerprint density at radius 3 is 2.88 bits per heavy atom. The molecule has 3 aromatic rings. The first kappa shape index (κ1) is 22.1. The van der Waals surface area contributed by atoms with Crippen molar-refractivity contribution in [2.75, 3.05) is 13.1 Å². The molecular formula is C24H22N2O7S. The number of fused-ring (bicyclic) bond motifs is 2. The minimum atomic E-state index is -3.75. The van der Waals surface area contributed by atoms with Gasteiger partial charge in [-0.3, -0.25) is 4.79 Å². The number of aromatic hydroxyl groups is 1. The van der Waals surface area contributed by atoms with Gasteiger partial charge in [-0.1, -0.05) is 12.1 Å². The molecule has 0 unspecified atom stereocenters. The molecule has 1 aromatic heterocycles. The summed E-state index contributed by atoms with van der Waals surface area (Å²) in [7, 11) is -3.75. The number of rotatable bonds is 3. The highest BCUT2D eigenvalue weighted by atomic mass is 32.2. The first-order chi connectivity index (χ1) is 16.2. The molecule has 5 rings (SSSR count). The molecule has 3 heterocycles. The highest BCUT2D eigenvalue weighted by Crippen LogP contribution is 2.31. The summed E-state index contributed by atoms with van der Waals surface area (Å²) in [6, 6.07) is 11.0. The number of benzene rings is 2. The number of aryl methyl sites for hydroxylation is 1. The molecule has 0 amide bonds. The summed E-state index contributed by atoms with van der Waals surface area (Å²) < 4.78 is 39.6. The Labute approximate surface area is 195 Å². The Balaban J connectivity index is 1.33. The number of esters is 1. The summed E-state index contributed by atoms with van der Waals surface area (Å²) in [5.41, 5.74) is 1.10. The molecule has 1 fully saturated rings. The van der Waals surface area contributed by atoms with Crippen LogP contribution >= 0.6 is 0 Å². The van der Waals surface area contributed by atoms with E-state index in [1.54, 1.807) is 31.2 Å². The Morgan fingerprint density at radius 1 is 1.26 bits per heavy atom. The molecule has 0 bridgehead atoms. The van der Waals surface area contributed by atoms with Gasteiger partial charge in [-0.25, -0.2) is 4.79 Å².